The van der Waals surface area contributed by atoms with Crippen LogP contribution in [0.4, 0.5) is 14.6 Å². The van der Waals surface area contributed by atoms with E-state index in [9.17, 15) is 17.2 Å². The lowest BCUT2D eigenvalue weighted by molar-refractivity contribution is 0.444. The number of rotatable bonds is 2. The van der Waals surface area contributed by atoms with Crippen LogP contribution in [0.25, 0.3) is 11.4 Å². The maximum atomic E-state index is 14.4. The molecule has 4 rings (SSSR count). The minimum absolute atomic E-state index is 0. The van der Waals surface area contributed by atoms with Crippen LogP contribution in [0.5, 0.6) is 0 Å². The minimum atomic E-state index is -3.32. The van der Waals surface area contributed by atoms with Crippen molar-refractivity contribution in [2.75, 3.05) is 18.0 Å². The van der Waals surface area contributed by atoms with E-state index in [4.69, 9.17) is 11.6 Å². The van der Waals surface area contributed by atoms with E-state index in [-0.39, 0.29) is 40.3 Å². The third-order valence-corrected chi connectivity index (χ3v) is 6.73. The van der Waals surface area contributed by atoms with E-state index in [0.29, 0.717) is 23.0 Å². The molecule has 1 atom stereocenters. The molecular weight excluding hydrogens is 431 g/mol. The first-order valence-corrected chi connectivity index (χ1v) is 10.9. The van der Waals surface area contributed by atoms with Gasteiger partial charge in [0.25, 0.3) is 0 Å². The molecule has 1 saturated heterocycles. The van der Waals surface area contributed by atoms with Crippen LogP contribution in [-0.4, -0.2) is 31.5 Å². The monoisotopic (exact) mass is 449 g/mol. The average molecular weight is 450 g/mol. The molecule has 1 aromatic carbocycles. The molecular formula is C18H19Cl2F2N3O2S. The highest BCUT2D eigenvalue weighted by Crippen LogP contribution is 2.36. The number of nitrogens with zero attached hydrogens (tertiary/aromatic N) is 3. The van der Waals surface area contributed by atoms with Crippen molar-refractivity contribution in [3.05, 3.63) is 40.0 Å². The van der Waals surface area contributed by atoms with Crippen molar-refractivity contribution in [3.63, 3.8) is 0 Å². The third kappa shape index (κ3) is 3.95. The Kier molecular flexibility index (Phi) is 5.85. The number of halogens is 4. The zero-order valence-corrected chi connectivity index (χ0v) is 17.5. The molecule has 1 unspecified atom stereocenters. The van der Waals surface area contributed by atoms with Crippen molar-refractivity contribution in [2.45, 2.75) is 31.3 Å². The first-order valence-electron chi connectivity index (χ1n) is 8.73. The Bertz CT molecular complexity index is 1030. The predicted molar refractivity (Wildman–Crippen MR) is 107 cm³/mol. The Labute approximate surface area is 173 Å². The van der Waals surface area contributed by atoms with Crippen LogP contribution in [0, 0.1) is 17.6 Å². The molecule has 0 N–H and O–H groups in total. The van der Waals surface area contributed by atoms with Gasteiger partial charge in [0, 0.05) is 18.7 Å². The highest BCUT2D eigenvalue weighted by molar-refractivity contribution is 7.90. The van der Waals surface area contributed by atoms with E-state index in [2.05, 4.69) is 16.9 Å². The Morgan fingerprint density at radius 2 is 1.93 bits per heavy atom. The quantitative estimate of drug-likeness (QED) is 0.643. The lowest BCUT2D eigenvalue weighted by Crippen LogP contribution is -2.35. The highest BCUT2D eigenvalue weighted by atomic mass is 35.5. The second kappa shape index (κ2) is 7.72. The van der Waals surface area contributed by atoms with Crippen molar-refractivity contribution < 1.29 is 17.2 Å². The van der Waals surface area contributed by atoms with Crippen LogP contribution >= 0.6 is 24.0 Å². The Balaban J connectivity index is 0.00000225. The molecule has 3 heterocycles. The Morgan fingerprint density at radius 1 is 1.18 bits per heavy atom. The van der Waals surface area contributed by atoms with Crippen molar-refractivity contribution in [1.29, 1.82) is 0 Å². The maximum absolute atomic E-state index is 14.4. The molecule has 0 aliphatic carbocycles. The van der Waals surface area contributed by atoms with E-state index >= 15 is 0 Å². The predicted octanol–water partition coefficient (Wildman–Crippen LogP) is 4.16. The van der Waals surface area contributed by atoms with Gasteiger partial charge in [-0.25, -0.2) is 27.2 Å². The van der Waals surface area contributed by atoms with Gasteiger partial charge in [-0.05, 0) is 30.9 Å². The molecule has 2 aromatic rings. The number of piperidine rings is 1. The molecule has 10 heteroatoms. The third-order valence-electron chi connectivity index (χ3n) is 5.00. The summed E-state index contributed by atoms with van der Waals surface area (Å²) < 4.78 is 52.6. The molecule has 5 nitrogen and oxygen atoms in total. The average Bonchev–Trinajstić information content (AvgIpc) is 2.91. The van der Waals surface area contributed by atoms with Gasteiger partial charge in [0.05, 0.1) is 27.8 Å². The Morgan fingerprint density at radius 3 is 2.64 bits per heavy atom. The van der Waals surface area contributed by atoms with Crippen molar-refractivity contribution in [1.82, 2.24) is 9.97 Å². The second-order valence-electron chi connectivity index (χ2n) is 7.27. The van der Waals surface area contributed by atoms with Crippen LogP contribution in [0.1, 0.15) is 31.0 Å². The van der Waals surface area contributed by atoms with Crippen LogP contribution in [-0.2, 0) is 21.3 Å². The summed E-state index contributed by atoms with van der Waals surface area (Å²) in [6.45, 7) is 3.60. The van der Waals surface area contributed by atoms with Gasteiger partial charge in [0.1, 0.15) is 17.5 Å². The molecule has 152 valence electrons. The van der Waals surface area contributed by atoms with Gasteiger partial charge in [-0.3, -0.25) is 0 Å². The lowest BCUT2D eigenvalue weighted by atomic mass is 10.00. The zero-order valence-electron chi connectivity index (χ0n) is 15.1. The van der Waals surface area contributed by atoms with E-state index < -0.39 is 21.5 Å². The summed E-state index contributed by atoms with van der Waals surface area (Å²) in [7, 11) is -3.32. The normalized spacial score (nSPS) is 20.6. The smallest absolute Gasteiger partial charge is 0.164 e. The zero-order chi connectivity index (χ0) is 19.3. The van der Waals surface area contributed by atoms with Gasteiger partial charge in [0.2, 0.25) is 0 Å². The molecule has 28 heavy (non-hydrogen) atoms. The summed E-state index contributed by atoms with van der Waals surface area (Å²) in [6, 6.07) is 1.83. The fourth-order valence-corrected chi connectivity index (χ4v) is 5.36. The van der Waals surface area contributed by atoms with Crippen molar-refractivity contribution in [3.8, 4) is 11.4 Å². The molecule has 0 amide bonds. The summed E-state index contributed by atoms with van der Waals surface area (Å²) in [5.74, 6) is -0.940. The number of fused-ring (bicyclic) bond motifs is 1. The molecule has 2 aliphatic heterocycles. The van der Waals surface area contributed by atoms with Gasteiger partial charge < -0.3 is 4.90 Å². The minimum Gasteiger partial charge on any atom is -0.356 e. The van der Waals surface area contributed by atoms with Gasteiger partial charge in [-0.2, -0.15) is 0 Å². The van der Waals surface area contributed by atoms with Gasteiger partial charge in [-0.15, -0.1) is 12.4 Å². The van der Waals surface area contributed by atoms with Crippen LogP contribution in [0.3, 0.4) is 0 Å². The number of hydrogen-bond acceptors (Lipinski definition) is 5. The fourth-order valence-electron chi connectivity index (χ4n) is 3.72. The molecule has 0 saturated carbocycles. The largest absolute Gasteiger partial charge is 0.356 e. The van der Waals surface area contributed by atoms with Gasteiger partial charge in [0.15, 0.2) is 15.7 Å². The van der Waals surface area contributed by atoms with Crippen molar-refractivity contribution >= 4 is 39.7 Å². The van der Waals surface area contributed by atoms with E-state index in [1.165, 1.54) is 0 Å². The van der Waals surface area contributed by atoms with E-state index in [0.717, 1.165) is 38.1 Å². The summed E-state index contributed by atoms with van der Waals surface area (Å²) in [5, 5.41) is -0.329. The molecule has 0 spiro atoms. The molecule has 2 aliphatic rings. The number of sulfone groups is 1. The van der Waals surface area contributed by atoms with Crippen LogP contribution < -0.4 is 4.90 Å². The topological polar surface area (TPSA) is 63.2 Å². The van der Waals surface area contributed by atoms with Crippen molar-refractivity contribution in [2.24, 2.45) is 5.92 Å². The van der Waals surface area contributed by atoms with E-state index in [1.807, 2.05) is 4.90 Å². The second-order valence-corrected chi connectivity index (χ2v) is 9.74. The van der Waals surface area contributed by atoms with Crippen LogP contribution in [0.15, 0.2) is 12.1 Å². The maximum Gasteiger partial charge on any atom is 0.164 e. The highest BCUT2D eigenvalue weighted by Gasteiger charge is 2.33. The summed E-state index contributed by atoms with van der Waals surface area (Å²) in [6.07, 6.45) is 2.05. The van der Waals surface area contributed by atoms with E-state index in [1.54, 1.807) is 0 Å². The number of anilines is 1. The molecule has 1 aromatic heterocycles. The van der Waals surface area contributed by atoms with Gasteiger partial charge >= 0.3 is 0 Å². The van der Waals surface area contributed by atoms with Crippen LogP contribution in [0.2, 0.25) is 5.02 Å². The lowest BCUT2D eigenvalue weighted by Gasteiger charge is -2.33. The fraction of sp³-hybridized carbons (Fsp3) is 0.444. The molecule has 0 radical (unpaired) electrons. The Hall–Kier alpha value is -1.51. The standard InChI is InChI=1S/C18H18ClF2N3O2S.ClH/c1-10-3-2-4-24(7-10)18-12-8-27(25,26)9-16(12)22-17(23-18)11-5-15(21)13(19)6-14(11)20;/h5-6,10H,2-4,7-9H2,1H3;1H. The summed E-state index contributed by atoms with van der Waals surface area (Å²) in [5.41, 5.74) is 0.806. The summed E-state index contributed by atoms with van der Waals surface area (Å²) >= 11 is 5.63. The molecule has 0 bridgehead atoms. The first-order chi connectivity index (χ1) is 12.7. The van der Waals surface area contributed by atoms with Gasteiger partial charge in [-0.1, -0.05) is 18.5 Å². The number of hydrogen-bond donors (Lipinski definition) is 0. The summed E-state index contributed by atoms with van der Waals surface area (Å²) in [4.78, 5) is 10.8. The number of aromatic nitrogens is 2. The SMILES string of the molecule is CC1CCCN(c2nc(-c3cc(F)c(Cl)cc3F)nc3c2CS(=O)(=O)C3)C1.Cl. The number of benzene rings is 1. The first kappa shape index (κ1) is 21.2. The molecule has 1 fully saturated rings.